The molecular formula is C23H23BrN2O4S. The average Bonchev–Trinajstić information content (AvgIpc) is 2.71. The molecule has 31 heavy (non-hydrogen) atoms. The molecule has 0 saturated carbocycles. The van der Waals surface area contributed by atoms with Gasteiger partial charge >= 0.3 is 0 Å². The molecule has 6 nitrogen and oxygen atoms in total. The van der Waals surface area contributed by atoms with Crippen molar-refractivity contribution in [1.82, 2.24) is 5.32 Å². The zero-order valence-electron chi connectivity index (χ0n) is 17.7. The van der Waals surface area contributed by atoms with Gasteiger partial charge in [0.2, 0.25) is 0 Å². The number of amides is 2. The second kappa shape index (κ2) is 9.62. The second-order valence-corrected chi connectivity index (χ2v) is 8.18. The summed E-state index contributed by atoms with van der Waals surface area (Å²) >= 11 is 8.79. The maximum Gasteiger partial charge on any atom is 0.270 e. The van der Waals surface area contributed by atoms with E-state index in [1.165, 1.54) is 11.0 Å². The molecule has 0 bridgehead atoms. The normalized spacial score (nSPS) is 15.3. The van der Waals surface area contributed by atoms with E-state index in [4.69, 9.17) is 21.7 Å². The van der Waals surface area contributed by atoms with Gasteiger partial charge in [0.05, 0.1) is 23.4 Å². The van der Waals surface area contributed by atoms with Gasteiger partial charge in [-0.1, -0.05) is 12.1 Å². The molecule has 1 saturated heterocycles. The summed E-state index contributed by atoms with van der Waals surface area (Å²) in [5.41, 5.74) is 3.03. The van der Waals surface area contributed by atoms with Crippen molar-refractivity contribution in [1.29, 1.82) is 0 Å². The van der Waals surface area contributed by atoms with E-state index in [9.17, 15) is 9.59 Å². The lowest BCUT2D eigenvalue weighted by molar-refractivity contribution is -0.122. The third-order valence-corrected chi connectivity index (χ3v) is 5.58. The van der Waals surface area contributed by atoms with Crippen LogP contribution in [-0.4, -0.2) is 30.1 Å². The Balaban J connectivity index is 2.10. The van der Waals surface area contributed by atoms with Gasteiger partial charge < -0.3 is 9.47 Å². The van der Waals surface area contributed by atoms with Crippen LogP contribution in [0.3, 0.4) is 0 Å². The molecule has 1 N–H and O–H groups in total. The molecule has 0 aliphatic carbocycles. The predicted octanol–water partition coefficient (Wildman–Crippen LogP) is 4.69. The number of benzene rings is 2. The van der Waals surface area contributed by atoms with Crippen molar-refractivity contribution in [2.75, 3.05) is 18.1 Å². The Morgan fingerprint density at radius 2 is 1.74 bits per heavy atom. The number of anilines is 1. The van der Waals surface area contributed by atoms with Gasteiger partial charge in [-0.25, -0.2) is 0 Å². The molecule has 1 aliphatic heterocycles. The fourth-order valence-electron chi connectivity index (χ4n) is 3.20. The second-order valence-electron chi connectivity index (χ2n) is 6.93. The summed E-state index contributed by atoms with van der Waals surface area (Å²) in [7, 11) is 0. The number of carbonyl (C=O) groups is 2. The number of nitrogens with one attached hydrogen (secondary N) is 1. The molecule has 162 valence electrons. The molecule has 0 aromatic heterocycles. The summed E-state index contributed by atoms with van der Waals surface area (Å²) in [4.78, 5) is 27.4. The standard InChI is InChI=1S/C23H23BrN2O4S/c1-5-29-19-12-20(30-6-2)17(24)11-15(19)10-16-21(27)25-23(31)26(22(16)28)18-9-13(3)7-8-14(18)4/h7-12H,5-6H2,1-4H3,(H,25,27,31)/b16-10+. The van der Waals surface area contributed by atoms with Crippen LogP contribution >= 0.6 is 28.1 Å². The molecule has 2 amide bonds. The molecule has 0 radical (unpaired) electrons. The first-order chi connectivity index (χ1) is 14.8. The van der Waals surface area contributed by atoms with Gasteiger partial charge in [0.25, 0.3) is 11.8 Å². The van der Waals surface area contributed by atoms with Crippen LogP contribution in [0.4, 0.5) is 5.69 Å². The molecule has 2 aromatic carbocycles. The van der Waals surface area contributed by atoms with Crippen LogP contribution in [-0.2, 0) is 9.59 Å². The monoisotopic (exact) mass is 502 g/mol. The van der Waals surface area contributed by atoms with Gasteiger partial charge in [0, 0.05) is 11.6 Å². The Morgan fingerprint density at radius 3 is 2.42 bits per heavy atom. The van der Waals surface area contributed by atoms with E-state index in [-0.39, 0.29) is 10.7 Å². The minimum absolute atomic E-state index is 0.0356. The third kappa shape index (κ3) is 4.80. The fourth-order valence-corrected chi connectivity index (χ4v) is 3.95. The van der Waals surface area contributed by atoms with E-state index in [1.807, 2.05) is 45.9 Å². The van der Waals surface area contributed by atoms with E-state index >= 15 is 0 Å². The number of nitrogens with zero attached hydrogens (tertiary/aromatic N) is 1. The molecule has 1 heterocycles. The first-order valence-corrected chi connectivity index (χ1v) is 11.0. The van der Waals surface area contributed by atoms with Crippen LogP contribution < -0.4 is 19.7 Å². The first kappa shape index (κ1) is 23.0. The number of ether oxygens (including phenoxy) is 2. The molecule has 1 aliphatic rings. The predicted molar refractivity (Wildman–Crippen MR) is 129 cm³/mol. The van der Waals surface area contributed by atoms with E-state index in [1.54, 1.807) is 12.1 Å². The summed E-state index contributed by atoms with van der Waals surface area (Å²) in [5, 5.41) is 2.68. The van der Waals surface area contributed by atoms with Crippen LogP contribution in [0.2, 0.25) is 0 Å². The Bertz CT molecular complexity index is 1100. The van der Waals surface area contributed by atoms with Gasteiger partial charge in [0.1, 0.15) is 17.1 Å². The van der Waals surface area contributed by atoms with Gasteiger partial charge in [-0.15, -0.1) is 0 Å². The van der Waals surface area contributed by atoms with Gasteiger partial charge in [-0.2, -0.15) is 0 Å². The number of aryl methyl sites for hydroxylation is 2. The van der Waals surface area contributed by atoms with E-state index in [0.29, 0.717) is 40.4 Å². The molecule has 3 rings (SSSR count). The number of thiocarbonyl (C=S) groups is 1. The largest absolute Gasteiger partial charge is 0.493 e. The van der Waals surface area contributed by atoms with Crippen molar-refractivity contribution >= 4 is 56.8 Å². The average molecular weight is 503 g/mol. The first-order valence-electron chi connectivity index (χ1n) is 9.84. The minimum atomic E-state index is -0.552. The van der Waals surface area contributed by atoms with Crippen molar-refractivity contribution < 1.29 is 19.1 Å². The van der Waals surface area contributed by atoms with E-state index in [0.717, 1.165) is 11.1 Å². The number of rotatable bonds is 6. The SMILES string of the molecule is CCOc1cc(OCC)c(/C=C2\C(=O)NC(=S)N(c3cc(C)ccc3C)C2=O)cc1Br. The number of halogens is 1. The van der Waals surface area contributed by atoms with E-state index in [2.05, 4.69) is 21.2 Å². The van der Waals surface area contributed by atoms with Gasteiger partial charge in [-0.05, 0) is 85.2 Å². The number of hydrogen-bond acceptors (Lipinski definition) is 5. The highest BCUT2D eigenvalue weighted by Crippen LogP contribution is 2.35. The fraction of sp³-hybridized carbons (Fsp3) is 0.261. The lowest BCUT2D eigenvalue weighted by atomic mass is 10.0. The third-order valence-electron chi connectivity index (χ3n) is 4.67. The maximum atomic E-state index is 13.4. The summed E-state index contributed by atoms with van der Waals surface area (Å²) in [5.74, 6) is 0.0818. The maximum absolute atomic E-state index is 13.4. The van der Waals surface area contributed by atoms with Crippen molar-refractivity contribution in [3.63, 3.8) is 0 Å². The Hall–Kier alpha value is -2.71. The topological polar surface area (TPSA) is 67.9 Å². The molecule has 1 fully saturated rings. The molecular weight excluding hydrogens is 480 g/mol. The summed E-state index contributed by atoms with van der Waals surface area (Å²) in [6.45, 7) is 8.48. The Morgan fingerprint density at radius 1 is 1.06 bits per heavy atom. The van der Waals surface area contributed by atoms with Crippen molar-refractivity contribution in [2.24, 2.45) is 0 Å². The lowest BCUT2D eigenvalue weighted by Crippen LogP contribution is -2.54. The van der Waals surface area contributed by atoms with Crippen LogP contribution in [0.15, 0.2) is 40.4 Å². The smallest absolute Gasteiger partial charge is 0.270 e. The molecule has 8 heteroatoms. The summed E-state index contributed by atoms with van der Waals surface area (Å²) in [6.07, 6.45) is 1.52. The molecule has 2 aromatic rings. The Kier molecular flexibility index (Phi) is 7.12. The van der Waals surface area contributed by atoms with Crippen molar-refractivity contribution in [3.8, 4) is 11.5 Å². The molecule has 0 atom stereocenters. The highest BCUT2D eigenvalue weighted by Gasteiger charge is 2.35. The van der Waals surface area contributed by atoms with Crippen molar-refractivity contribution in [2.45, 2.75) is 27.7 Å². The van der Waals surface area contributed by atoms with Crippen LogP contribution in [0.5, 0.6) is 11.5 Å². The van der Waals surface area contributed by atoms with Gasteiger partial charge in [-0.3, -0.25) is 19.8 Å². The number of hydrogen-bond donors (Lipinski definition) is 1. The molecule has 0 unspecified atom stereocenters. The van der Waals surface area contributed by atoms with Crippen LogP contribution in [0.25, 0.3) is 6.08 Å². The van der Waals surface area contributed by atoms with Crippen LogP contribution in [0.1, 0.15) is 30.5 Å². The zero-order chi connectivity index (χ0) is 22.7. The highest BCUT2D eigenvalue weighted by molar-refractivity contribution is 9.10. The summed E-state index contributed by atoms with van der Waals surface area (Å²) < 4.78 is 12.0. The Labute approximate surface area is 195 Å². The number of carbonyl (C=O) groups excluding carboxylic acids is 2. The lowest BCUT2D eigenvalue weighted by Gasteiger charge is -2.30. The molecule has 0 spiro atoms. The van der Waals surface area contributed by atoms with Gasteiger partial charge in [0.15, 0.2) is 5.11 Å². The highest BCUT2D eigenvalue weighted by atomic mass is 79.9. The summed E-state index contributed by atoms with van der Waals surface area (Å²) in [6, 6.07) is 9.24. The van der Waals surface area contributed by atoms with Crippen LogP contribution in [0, 0.1) is 13.8 Å². The minimum Gasteiger partial charge on any atom is -0.493 e. The van der Waals surface area contributed by atoms with E-state index < -0.39 is 11.8 Å². The quantitative estimate of drug-likeness (QED) is 0.352. The van der Waals surface area contributed by atoms with Crippen molar-refractivity contribution in [3.05, 3.63) is 57.1 Å². The zero-order valence-corrected chi connectivity index (χ0v) is 20.1.